The number of amides is 1. The lowest BCUT2D eigenvalue weighted by Gasteiger charge is -2.41. The quantitative estimate of drug-likeness (QED) is 0.334. The number of carbonyl (C=O) groups is 1. The van der Waals surface area contributed by atoms with E-state index >= 15 is 0 Å². The average molecular weight is 519 g/mol. The Morgan fingerprint density at radius 2 is 1.67 bits per heavy atom. The molecule has 5 heteroatoms. The van der Waals surface area contributed by atoms with Gasteiger partial charge < -0.3 is 9.47 Å². The largest absolute Gasteiger partial charge is 0.445 e. The smallest absolute Gasteiger partial charge is 0.410 e. The van der Waals surface area contributed by atoms with E-state index in [0.29, 0.717) is 23.0 Å². The second-order valence-corrected chi connectivity index (χ2v) is 10.1. The second-order valence-electron chi connectivity index (χ2n) is 8.45. The molecular weight excluding hydrogens is 489 g/mol. The molecule has 1 saturated carbocycles. The predicted molar refractivity (Wildman–Crippen MR) is 127 cm³/mol. The minimum Gasteiger partial charge on any atom is -0.445 e. The molecule has 1 aliphatic heterocycles. The van der Waals surface area contributed by atoms with Gasteiger partial charge in [-0.3, -0.25) is 4.90 Å². The third kappa shape index (κ3) is 5.55. The maximum atomic E-state index is 13.3. The molecule has 1 aliphatic carbocycles. The number of nitrogens with zero attached hydrogens (tertiary/aromatic N) is 1. The molecule has 4 rings (SSSR count). The number of rotatable bonds is 7. The summed E-state index contributed by atoms with van der Waals surface area (Å²) in [6.45, 7) is 3.00. The van der Waals surface area contributed by atoms with Crippen molar-refractivity contribution >= 4 is 28.7 Å². The van der Waals surface area contributed by atoms with Gasteiger partial charge in [-0.15, -0.1) is 0 Å². The fourth-order valence-electron chi connectivity index (χ4n) is 4.31. The summed E-state index contributed by atoms with van der Waals surface area (Å²) < 4.78 is 12.8. The first-order valence-corrected chi connectivity index (χ1v) is 12.2. The summed E-state index contributed by atoms with van der Waals surface area (Å²) in [7, 11) is 0. The van der Waals surface area contributed by atoms with Crippen LogP contribution in [0.1, 0.15) is 43.7 Å². The molecule has 30 heavy (non-hydrogen) atoms. The third-order valence-electron chi connectivity index (χ3n) is 6.11. The zero-order valence-electron chi connectivity index (χ0n) is 17.5. The lowest BCUT2D eigenvalue weighted by molar-refractivity contribution is -0.0811. The third-order valence-corrected chi connectivity index (χ3v) is 7.74. The standard InChI is InChI=1S/C25H30INO3/c1-18-22(26)14-15-23(30-18)24(21-12-13-21)27(16-19-8-4-2-5-9-19)25(28)29-17-20-10-6-3-7-11-20/h2-11,18,21-24H,12-17H2,1H3. The molecule has 0 spiro atoms. The van der Waals surface area contributed by atoms with Crippen molar-refractivity contribution < 1.29 is 14.3 Å². The minimum atomic E-state index is -0.243. The molecule has 0 radical (unpaired) electrons. The van der Waals surface area contributed by atoms with Crippen LogP contribution in [0.25, 0.3) is 0 Å². The van der Waals surface area contributed by atoms with Crippen LogP contribution in [-0.2, 0) is 22.6 Å². The van der Waals surface area contributed by atoms with E-state index in [4.69, 9.17) is 9.47 Å². The first-order valence-electron chi connectivity index (χ1n) is 10.9. The number of ether oxygens (including phenoxy) is 2. The van der Waals surface area contributed by atoms with Gasteiger partial charge in [-0.2, -0.15) is 0 Å². The fourth-order valence-corrected chi connectivity index (χ4v) is 4.84. The van der Waals surface area contributed by atoms with Crippen molar-refractivity contribution in [2.45, 2.75) is 67.9 Å². The summed E-state index contributed by atoms with van der Waals surface area (Å²) in [6, 6.07) is 20.2. The lowest BCUT2D eigenvalue weighted by atomic mass is 9.94. The van der Waals surface area contributed by atoms with Gasteiger partial charge in [-0.25, -0.2) is 4.79 Å². The second kappa shape index (κ2) is 10.1. The summed E-state index contributed by atoms with van der Waals surface area (Å²) >= 11 is 2.49. The maximum absolute atomic E-state index is 13.3. The number of hydrogen-bond donors (Lipinski definition) is 0. The topological polar surface area (TPSA) is 38.8 Å². The van der Waals surface area contributed by atoms with Crippen LogP contribution >= 0.6 is 22.6 Å². The van der Waals surface area contributed by atoms with E-state index in [1.54, 1.807) is 0 Å². The van der Waals surface area contributed by atoms with Crippen molar-refractivity contribution in [3.63, 3.8) is 0 Å². The summed E-state index contributed by atoms with van der Waals surface area (Å²) in [5.74, 6) is 0.501. The molecule has 0 N–H and O–H groups in total. The van der Waals surface area contributed by atoms with E-state index in [2.05, 4.69) is 41.6 Å². The SMILES string of the molecule is CC1OC(C(C2CC2)N(Cc2ccccc2)C(=O)OCc2ccccc2)CCC1I. The molecule has 2 aromatic carbocycles. The van der Waals surface area contributed by atoms with Crippen LogP contribution < -0.4 is 0 Å². The van der Waals surface area contributed by atoms with Gasteiger partial charge in [0, 0.05) is 10.5 Å². The minimum absolute atomic E-state index is 0.0693. The van der Waals surface area contributed by atoms with Crippen LogP contribution in [0.2, 0.25) is 0 Å². The Morgan fingerprint density at radius 3 is 2.27 bits per heavy atom. The molecule has 1 amide bonds. The van der Waals surface area contributed by atoms with E-state index in [0.717, 1.165) is 36.8 Å². The number of halogens is 1. The molecule has 1 heterocycles. The zero-order chi connectivity index (χ0) is 20.9. The van der Waals surface area contributed by atoms with Crippen LogP contribution in [0.5, 0.6) is 0 Å². The molecule has 160 valence electrons. The average Bonchev–Trinajstić information content (AvgIpc) is 3.60. The Kier molecular flexibility index (Phi) is 7.31. The molecular formula is C25H30INO3. The molecule has 0 aromatic heterocycles. The highest BCUT2D eigenvalue weighted by molar-refractivity contribution is 14.1. The van der Waals surface area contributed by atoms with Crippen LogP contribution in [0.15, 0.2) is 60.7 Å². The zero-order valence-corrected chi connectivity index (χ0v) is 19.6. The van der Waals surface area contributed by atoms with Gasteiger partial charge in [0.2, 0.25) is 0 Å². The van der Waals surface area contributed by atoms with E-state index in [1.165, 1.54) is 0 Å². The predicted octanol–water partition coefficient (Wildman–Crippen LogP) is 5.98. The van der Waals surface area contributed by atoms with Gasteiger partial charge in [0.15, 0.2) is 0 Å². The molecule has 2 aromatic rings. The Hall–Kier alpha value is -1.60. The van der Waals surface area contributed by atoms with Crippen molar-refractivity contribution in [1.82, 2.24) is 4.90 Å². The number of alkyl halides is 1. The monoisotopic (exact) mass is 519 g/mol. The van der Waals surface area contributed by atoms with Crippen molar-refractivity contribution in [2.24, 2.45) is 5.92 Å². The van der Waals surface area contributed by atoms with Crippen molar-refractivity contribution in [1.29, 1.82) is 0 Å². The summed E-state index contributed by atoms with van der Waals surface area (Å²) in [5.41, 5.74) is 2.12. The van der Waals surface area contributed by atoms with Gasteiger partial charge in [0.25, 0.3) is 0 Å². The van der Waals surface area contributed by atoms with E-state index < -0.39 is 0 Å². The van der Waals surface area contributed by atoms with E-state index in [9.17, 15) is 4.79 Å². The Balaban J connectivity index is 1.54. The van der Waals surface area contributed by atoms with Crippen molar-refractivity contribution in [3.05, 3.63) is 71.8 Å². The maximum Gasteiger partial charge on any atom is 0.410 e. The highest BCUT2D eigenvalue weighted by atomic mass is 127. The molecule has 0 bridgehead atoms. The van der Waals surface area contributed by atoms with Crippen molar-refractivity contribution in [2.75, 3.05) is 0 Å². The normalized spacial score (nSPS) is 24.8. The van der Waals surface area contributed by atoms with Crippen LogP contribution in [0, 0.1) is 5.92 Å². The van der Waals surface area contributed by atoms with Crippen LogP contribution in [-0.4, -0.2) is 33.2 Å². The summed E-state index contributed by atoms with van der Waals surface area (Å²) in [5, 5.41) is 0. The molecule has 4 unspecified atom stereocenters. The van der Waals surface area contributed by atoms with Gasteiger partial charge >= 0.3 is 6.09 Å². The lowest BCUT2D eigenvalue weighted by Crippen LogP contribution is -2.52. The first kappa shape index (κ1) is 21.6. The molecule has 1 saturated heterocycles. The number of hydrogen-bond acceptors (Lipinski definition) is 3. The van der Waals surface area contributed by atoms with E-state index in [-0.39, 0.29) is 24.3 Å². The summed E-state index contributed by atoms with van der Waals surface area (Å²) in [6.07, 6.45) is 4.49. The molecule has 2 aliphatic rings. The Bertz CT molecular complexity index is 812. The molecule has 4 nitrogen and oxygen atoms in total. The fraction of sp³-hybridized carbons (Fsp3) is 0.480. The highest BCUT2D eigenvalue weighted by Crippen LogP contribution is 2.42. The van der Waals surface area contributed by atoms with E-state index in [1.807, 2.05) is 53.4 Å². The van der Waals surface area contributed by atoms with Crippen LogP contribution in [0.3, 0.4) is 0 Å². The summed E-state index contributed by atoms with van der Waals surface area (Å²) in [4.78, 5) is 15.3. The van der Waals surface area contributed by atoms with Gasteiger partial charge in [0.05, 0.1) is 18.2 Å². The first-order chi connectivity index (χ1) is 14.6. The highest BCUT2D eigenvalue weighted by Gasteiger charge is 2.45. The Morgan fingerprint density at radius 1 is 1.03 bits per heavy atom. The number of carbonyl (C=O) groups excluding carboxylic acids is 1. The Labute approximate surface area is 193 Å². The van der Waals surface area contributed by atoms with Crippen LogP contribution in [0.4, 0.5) is 4.79 Å². The van der Waals surface area contributed by atoms with Crippen molar-refractivity contribution in [3.8, 4) is 0 Å². The van der Waals surface area contributed by atoms with Gasteiger partial charge in [-0.1, -0.05) is 83.3 Å². The van der Waals surface area contributed by atoms with Gasteiger partial charge in [-0.05, 0) is 49.7 Å². The molecule has 4 atom stereocenters. The number of benzene rings is 2. The molecule has 2 fully saturated rings. The van der Waals surface area contributed by atoms with Gasteiger partial charge in [0.1, 0.15) is 6.61 Å².